The minimum atomic E-state index is -0.505. The third-order valence-electron chi connectivity index (χ3n) is 6.20. The Morgan fingerprint density at radius 2 is 1.40 bits per heavy atom. The second kappa shape index (κ2) is 4.94. The Bertz CT molecular complexity index is 717. The number of fused-ring (bicyclic) bond motifs is 8. The van der Waals surface area contributed by atoms with Crippen LogP contribution >= 0.6 is 11.6 Å². The van der Waals surface area contributed by atoms with Crippen LogP contribution in [0.1, 0.15) is 6.42 Å². The van der Waals surface area contributed by atoms with Gasteiger partial charge in [0, 0.05) is 22.5 Å². The lowest BCUT2D eigenvalue weighted by molar-refractivity contribution is -0.173. The van der Waals surface area contributed by atoms with E-state index in [0.29, 0.717) is 28.9 Å². The first-order valence-electron chi connectivity index (χ1n) is 8.36. The molecule has 0 spiro atoms. The molecule has 132 valence electrons. The van der Waals surface area contributed by atoms with Crippen LogP contribution in [0.5, 0.6) is 0 Å². The second-order valence-corrected chi connectivity index (χ2v) is 7.48. The van der Waals surface area contributed by atoms with Gasteiger partial charge in [-0.25, -0.2) is 19.6 Å². The third kappa shape index (κ3) is 1.76. The smallest absolute Gasteiger partial charge is 0.429 e. The van der Waals surface area contributed by atoms with Crippen molar-refractivity contribution in [2.45, 2.75) is 30.6 Å². The SMILES string of the molecule is COC(=O)N1[C@@H]2[C@@H]3C[C@@H]([C@@H]4[C@H]3N4c3ccc(Cl)cc3)[C@@H]2N1C(=O)OC. The Kier molecular flexibility index (Phi) is 2.99. The Morgan fingerprint density at radius 3 is 1.84 bits per heavy atom. The first-order valence-corrected chi connectivity index (χ1v) is 8.74. The number of carbonyl (C=O) groups excluding carboxylic acids is 2. The Morgan fingerprint density at radius 1 is 0.920 bits per heavy atom. The van der Waals surface area contributed by atoms with Crippen molar-refractivity contribution in [3.05, 3.63) is 29.3 Å². The number of hydrogen-bond donors (Lipinski definition) is 0. The van der Waals surface area contributed by atoms with Crippen molar-refractivity contribution in [3.8, 4) is 0 Å². The molecule has 5 rings (SSSR count). The number of hydrogen-bond acceptors (Lipinski definition) is 5. The lowest BCUT2D eigenvalue weighted by Crippen LogP contribution is -2.76. The average molecular weight is 364 g/mol. The van der Waals surface area contributed by atoms with Crippen molar-refractivity contribution >= 4 is 29.5 Å². The summed E-state index contributed by atoms with van der Waals surface area (Å²) in [4.78, 5) is 26.7. The fraction of sp³-hybridized carbons (Fsp3) is 0.529. The number of nitrogens with zero attached hydrogens (tertiary/aromatic N) is 3. The first-order chi connectivity index (χ1) is 12.1. The summed E-state index contributed by atoms with van der Waals surface area (Å²) < 4.78 is 9.76. The molecule has 0 N–H and O–H groups in total. The van der Waals surface area contributed by atoms with Crippen LogP contribution in [-0.4, -0.2) is 60.6 Å². The molecule has 4 fully saturated rings. The Labute approximate surface area is 150 Å². The van der Waals surface area contributed by atoms with Crippen molar-refractivity contribution in [2.24, 2.45) is 11.8 Å². The van der Waals surface area contributed by atoms with Crippen molar-refractivity contribution < 1.29 is 19.1 Å². The summed E-state index contributed by atoms with van der Waals surface area (Å²) >= 11 is 5.99. The van der Waals surface area contributed by atoms with E-state index in [0.717, 1.165) is 12.1 Å². The van der Waals surface area contributed by atoms with E-state index in [4.69, 9.17) is 21.1 Å². The highest BCUT2D eigenvalue weighted by molar-refractivity contribution is 6.30. The molecule has 2 saturated heterocycles. The van der Waals surface area contributed by atoms with E-state index in [9.17, 15) is 9.59 Å². The van der Waals surface area contributed by atoms with Crippen LogP contribution in [0.4, 0.5) is 15.3 Å². The number of ether oxygens (including phenoxy) is 2. The van der Waals surface area contributed by atoms with Crippen LogP contribution in [0.25, 0.3) is 0 Å². The molecule has 2 bridgehead atoms. The zero-order chi connectivity index (χ0) is 17.5. The number of methoxy groups -OCH3 is 2. The number of halogens is 1. The van der Waals surface area contributed by atoms with Crippen LogP contribution in [0.3, 0.4) is 0 Å². The number of rotatable bonds is 1. The van der Waals surface area contributed by atoms with Crippen LogP contribution in [0.2, 0.25) is 5.02 Å². The van der Waals surface area contributed by atoms with Crippen LogP contribution in [0.15, 0.2) is 24.3 Å². The largest absolute Gasteiger partial charge is 0.452 e. The van der Waals surface area contributed by atoms with Crippen molar-refractivity contribution in [1.82, 2.24) is 10.0 Å². The molecule has 1 aromatic carbocycles. The number of piperidine rings is 1. The van der Waals surface area contributed by atoms with Gasteiger partial charge < -0.3 is 14.4 Å². The lowest BCUT2D eigenvalue weighted by Gasteiger charge is -2.55. The quantitative estimate of drug-likeness (QED) is 0.717. The van der Waals surface area contributed by atoms with Gasteiger partial charge in [0.05, 0.1) is 38.4 Å². The maximum absolute atomic E-state index is 12.2. The minimum absolute atomic E-state index is 0.00935. The molecule has 0 radical (unpaired) electrons. The maximum Gasteiger partial charge on any atom is 0.429 e. The van der Waals surface area contributed by atoms with Crippen LogP contribution in [-0.2, 0) is 9.47 Å². The normalized spacial score (nSPS) is 36.5. The first kappa shape index (κ1) is 15.1. The van der Waals surface area contributed by atoms with Gasteiger partial charge in [-0.1, -0.05) is 11.6 Å². The van der Waals surface area contributed by atoms with E-state index < -0.39 is 12.2 Å². The van der Waals surface area contributed by atoms with Crippen LogP contribution in [0, 0.1) is 11.8 Å². The molecule has 4 aliphatic rings. The number of amides is 2. The fourth-order valence-corrected chi connectivity index (χ4v) is 5.53. The number of carbonyl (C=O) groups is 2. The molecule has 25 heavy (non-hydrogen) atoms. The zero-order valence-electron chi connectivity index (χ0n) is 13.8. The minimum Gasteiger partial charge on any atom is -0.452 e. The highest BCUT2D eigenvalue weighted by Crippen LogP contribution is 2.65. The molecular weight excluding hydrogens is 346 g/mol. The topological polar surface area (TPSA) is 62.1 Å². The second-order valence-electron chi connectivity index (χ2n) is 7.04. The highest BCUT2D eigenvalue weighted by Gasteiger charge is 2.78. The molecule has 2 aliphatic heterocycles. The summed E-state index contributed by atoms with van der Waals surface area (Å²) in [6.07, 6.45) is 0.0133. The van der Waals surface area contributed by atoms with E-state index in [1.165, 1.54) is 24.2 Å². The molecule has 8 heteroatoms. The molecule has 6 atom stereocenters. The van der Waals surface area contributed by atoms with Crippen LogP contribution < -0.4 is 4.90 Å². The predicted octanol–water partition coefficient (Wildman–Crippen LogP) is 2.35. The molecule has 2 aliphatic carbocycles. The summed E-state index contributed by atoms with van der Waals surface area (Å²) in [6.45, 7) is 0. The van der Waals surface area contributed by atoms with Crippen molar-refractivity contribution in [2.75, 3.05) is 19.1 Å². The van der Waals surface area contributed by atoms with E-state index >= 15 is 0 Å². The van der Waals surface area contributed by atoms with Gasteiger partial charge in [-0.15, -0.1) is 0 Å². The lowest BCUT2D eigenvalue weighted by atomic mass is 9.86. The number of benzene rings is 1. The van der Waals surface area contributed by atoms with Gasteiger partial charge in [-0.3, -0.25) is 0 Å². The van der Waals surface area contributed by atoms with Gasteiger partial charge in [0.15, 0.2) is 0 Å². The average Bonchev–Trinajstić information content (AvgIpc) is 3.14. The molecular formula is C17H18ClN3O4. The highest BCUT2D eigenvalue weighted by atomic mass is 35.5. The van der Waals surface area contributed by atoms with Crippen molar-refractivity contribution in [3.63, 3.8) is 0 Å². The predicted molar refractivity (Wildman–Crippen MR) is 89.2 cm³/mol. The monoisotopic (exact) mass is 363 g/mol. The standard InChI is InChI=1S/C17H18ClN3O4/c1-24-16(22)20-14-10-7-11(15(14)21(20)17(23)25-2)13-12(10)19(13)9-5-3-8(18)4-6-9/h3-6,10-15H,7H2,1-2H3/t10-,11+,12+,13-,14-,15+,19?. The third-order valence-corrected chi connectivity index (χ3v) is 6.45. The molecule has 0 aromatic heterocycles. The molecule has 7 nitrogen and oxygen atoms in total. The number of hydrazine groups is 1. The van der Waals surface area contributed by atoms with Gasteiger partial charge in [0.25, 0.3) is 0 Å². The van der Waals surface area contributed by atoms with E-state index in [1.807, 2.05) is 24.3 Å². The van der Waals surface area contributed by atoms with Gasteiger partial charge >= 0.3 is 12.2 Å². The molecule has 0 unspecified atom stereocenters. The zero-order valence-corrected chi connectivity index (χ0v) is 14.6. The van der Waals surface area contributed by atoms with Gasteiger partial charge in [0.1, 0.15) is 0 Å². The Hall–Kier alpha value is -2.15. The fourth-order valence-electron chi connectivity index (χ4n) is 5.40. The summed E-state index contributed by atoms with van der Waals surface area (Å²) in [5.74, 6) is 0.686. The van der Waals surface area contributed by atoms with Crippen molar-refractivity contribution in [1.29, 1.82) is 0 Å². The Balaban J connectivity index is 1.44. The molecule has 2 amide bonds. The maximum atomic E-state index is 12.2. The van der Waals surface area contributed by atoms with E-state index in [-0.39, 0.29) is 12.1 Å². The molecule has 2 saturated carbocycles. The summed E-state index contributed by atoms with van der Waals surface area (Å²) in [6, 6.07) is 8.69. The summed E-state index contributed by atoms with van der Waals surface area (Å²) in [7, 11) is 2.66. The number of anilines is 1. The molecule has 1 aromatic rings. The van der Waals surface area contributed by atoms with E-state index in [2.05, 4.69) is 4.90 Å². The van der Waals surface area contributed by atoms with Gasteiger partial charge in [-0.2, -0.15) is 0 Å². The van der Waals surface area contributed by atoms with Gasteiger partial charge in [-0.05, 0) is 30.7 Å². The summed E-state index contributed by atoms with van der Waals surface area (Å²) in [5.41, 5.74) is 1.14. The summed E-state index contributed by atoms with van der Waals surface area (Å²) in [5, 5.41) is 3.60. The van der Waals surface area contributed by atoms with Gasteiger partial charge in [0.2, 0.25) is 0 Å². The molecule has 2 heterocycles. The van der Waals surface area contributed by atoms with E-state index in [1.54, 1.807) is 0 Å².